The van der Waals surface area contributed by atoms with Gasteiger partial charge in [-0.25, -0.2) is 0 Å². The SMILES string of the molecule is O=C(C1=C[C@H](c2coc3ccccc3c2=O)C[C@H](OCCCCO)O1)N1CCCCC1. The van der Waals surface area contributed by atoms with E-state index in [2.05, 4.69) is 0 Å². The number of aliphatic hydroxyl groups excluding tert-OH is 1. The molecular formula is C24H29NO6. The summed E-state index contributed by atoms with van der Waals surface area (Å²) < 4.78 is 17.5. The van der Waals surface area contributed by atoms with E-state index in [-0.39, 0.29) is 29.6 Å². The smallest absolute Gasteiger partial charge is 0.288 e. The minimum atomic E-state index is -0.636. The molecule has 0 unspecified atom stereocenters. The van der Waals surface area contributed by atoms with Crippen molar-refractivity contribution < 1.29 is 23.8 Å². The number of likely N-dealkylation sites (tertiary alicyclic amines) is 1. The number of carbonyl (C=O) groups is 1. The van der Waals surface area contributed by atoms with Crippen LogP contribution in [0.2, 0.25) is 0 Å². The molecule has 0 bridgehead atoms. The Hall–Kier alpha value is -2.64. The number of fused-ring (bicyclic) bond motifs is 1. The highest BCUT2D eigenvalue weighted by Gasteiger charge is 2.32. The van der Waals surface area contributed by atoms with Gasteiger partial charge in [0.2, 0.25) is 6.29 Å². The van der Waals surface area contributed by atoms with E-state index in [9.17, 15) is 9.59 Å². The fourth-order valence-electron chi connectivity index (χ4n) is 4.16. The molecule has 2 atom stereocenters. The van der Waals surface area contributed by atoms with Gasteiger partial charge in [-0.1, -0.05) is 12.1 Å². The first-order valence-corrected chi connectivity index (χ1v) is 11.1. The van der Waals surface area contributed by atoms with Crippen molar-refractivity contribution in [3.05, 3.63) is 58.2 Å². The molecule has 0 saturated carbocycles. The Kier molecular flexibility index (Phi) is 7.04. The van der Waals surface area contributed by atoms with Crippen molar-refractivity contribution in [3.8, 4) is 0 Å². The number of amides is 1. The van der Waals surface area contributed by atoms with E-state index in [0.717, 1.165) is 19.3 Å². The highest BCUT2D eigenvalue weighted by atomic mass is 16.7. The Morgan fingerprint density at radius 3 is 2.77 bits per heavy atom. The predicted octanol–water partition coefficient (Wildman–Crippen LogP) is 3.31. The van der Waals surface area contributed by atoms with Gasteiger partial charge in [-0.15, -0.1) is 0 Å². The van der Waals surface area contributed by atoms with Gasteiger partial charge in [0.05, 0.1) is 18.3 Å². The second-order valence-electron chi connectivity index (χ2n) is 8.09. The number of rotatable bonds is 7. The zero-order chi connectivity index (χ0) is 21.6. The number of hydrogen-bond donors (Lipinski definition) is 1. The number of carbonyl (C=O) groups excluding carboxylic acids is 1. The normalized spacial score (nSPS) is 21.6. The summed E-state index contributed by atoms with van der Waals surface area (Å²) >= 11 is 0. The van der Waals surface area contributed by atoms with Crippen LogP contribution in [-0.4, -0.2) is 48.5 Å². The molecule has 0 spiro atoms. The van der Waals surface area contributed by atoms with E-state index in [4.69, 9.17) is 19.0 Å². The zero-order valence-electron chi connectivity index (χ0n) is 17.6. The number of aliphatic hydroxyl groups is 1. The van der Waals surface area contributed by atoms with Crippen LogP contribution >= 0.6 is 0 Å². The number of benzene rings is 1. The Morgan fingerprint density at radius 2 is 1.97 bits per heavy atom. The standard InChI is InChI=1S/C24H29NO6/c26-12-6-7-13-29-22-15-17(14-21(31-22)24(28)25-10-4-1-5-11-25)19-16-30-20-9-3-2-8-18(20)23(19)27/h2-3,8-9,14,16-17,22,26H,1,4-7,10-13,15H2/t17-,22+/m0/s1. The molecular weight excluding hydrogens is 398 g/mol. The van der Waals surface area contributed by atoms with Crippen molar-refractivity contribution in [3.63, 3.8) is 0 Å². The average Bonchev–Trinajstić information content (AvgIpc) is 2.82. The van der Waals surface area contributed by atoms with Crippen molar-refractivity contribution in [2.75, 3.05) is 26.3 Å². The van der Waals surface area contributed by atoms with Gasteiger partial charge >= 0.3 is 0 Å². The minimum absolute atomic E-state index is 0.103. The summed E-state index contributed by atoms with van der Waals surface area (Å²) in [7, 11) is 0. The molecule has 1 amide bonds. The van der Waals surface area contributed by atoms with Crippen LogP contribution in [0.3, 0.4) is 0 Å². The molecule has 2 aromatic rings. The lowest BCUT2D eigenvalue weighted by atomic mass is 9.93. The fourth-order valence-corrected chi connectivity index (χ4v) is 4.16. The first-order chi connectivity index (χ1) is 15.2. The van der Waals surface area contributed by atoms with E-state index >= 15 is 0 Å². The van der Waals surface area contributed by atoms with Crippen molar-refractivity contribution in [1.29, 1.82) is 0 Å². The third-order valence-corrected chi connectivity index (χ3v) is 5.87. The van der Waals surface area contributed by atoms with E-state index in [0.29, 0.717) is 55.5 Å². The maximum absolute atomic E-state index is 13.1. The van der Waals surface area contributed by atoms with Crippen LogP contribution in [0.1, 0.15) is 50.0 Å². The summed E-state index contributed by atoms with van der Waals surface area (Å²) in [6.45, 7) is 1.94. The van der Waals surface area contributed by atoms with Crippen LogP contribution in [0.15, 0.2) is 51.6 Å². The van der Waals surface area contributed by atoms with Gasteiger partial charge in [0.25, 0.3) is 5.91 Å². The van der Waals surface area contributed by atoms with Gasteiger partial charge in [0.1, 0.15) is 5.58 Å². The molecule has 1 saturated heterocycles. The average molecular weight is 427 g/mol. The highest BCUT2D eigenvalue weighted by Crippen LogP contribution is 2.32. The molecule has 1 fully saturated rings. The minimum Gasteiger partial charge on any atom is -0.464 e. The third kappa shape index (κ3) is 4.99. The molecule has 1 N–H and O–H groups in total. The molecule has 7 heteroatoms. The first kappa shape index (κ1) is 21.6. The molecule has 31 heavy (non-hydrogen) atoms. The van der Waals surface area contributed by atoms with Crippen LogP contribution in [0.25, 0.3) is 11.0 Å². The summed E-state index contributed by atoms with van der Waals surface area (Å²) in [6, 6.07) is 7.14. The monoisotopic (exact) mass is 427 g/mol. The predicted molar refractivity (Wildman–Crippen MR) is 116 cm³/mol. The van der Waals surface area contributed by atoms with Crippen LogP contribution in [0.5, 0.6) is 0 Å². The number of allylic oxidation sites excluding steroid dienone is 1. The van der Waals surface area contributed by atoms with Gasteiger partial charge in [0.15, 0.2) is 11.2 Å². The van der Waals surface area contributed by atoms with Crippen molar-refractivity contribution in [2.24, 2.45) is 0 Å². The molecule has 3 heterocycles. The lowest BCUT2D eigenvalue weighted by molar-refractivity contribution is -0.153. The van der Waals surface area contributed by atoms with Crippen LogP contribution in [0.4, 0.5) is 0 Å². The van der Waals surface area contributed by atoms with Gasteiger partial charge in [0, 0.05) is 37.6 Å². The molecule has 0 radical (unpaired) electrons. The molecule has 166 valence electrons. The maximum Gasteiger partial charge on any atom is 0.288 e. The summed E-state index contributed by atoms with van der Waals surface area (Å²) in [5.74, 6) is -0.266. The topological polar surface area (TPSA) is 89.2 Å². The highest BCUT2D eigenvalue weighted by molar-refractivity contribution is 5.92. The van der Waals surface area contributed by atoms with Crippen molar-refractivity contribution in [1.82, 2.24) is 4.90 Å². The van der Waals surface area contributed by atoms with E-state index in [1.807, 2.05) is 11.0 Å². The Morgan fingerprint density at radius 1 is 1.16 bits per heavy atom. The Balaban J connectivity index is 1.61. The lowest BCUT2D eigenvalue weighted by Crippen LogP contribution is -2.39. The number of nitrogens with zero attached hydrogens (tertiary/aromatic N) is 1. The molecule has 1 aromatic carbocycles. The summed E-state index contributed by atoms with van der Waals surface area (Å²) in [5, 5.41) is 9.50. The zero-order valence-corrected chi connectivity index (χ0v) is 17.6. The third-order valence-electron chi connectivity index (χ3n) is 5.87. The molecule has 0 aliphatic carbocycles. The summed E-state index contributed by atoms with van der Waals surface area (Å²) in [5.41, 5.74) is 0.928. The number of ether oxygens (including phenoxy) is 2. The molecule has 4 rings (SSSR count). The molecule has 2 aliphatic heterocycles. The largest absolute Gasteiger partial charge is 0.464 e. The van der Waals surface area contributed by atoms with Gasteiger partial charge < -0.3 is 23.9 Å². The van der Waals surface area contributed by atoms with Gasteiger partial charge in [-0.05, 0) is 50.3 Å². The van der Waals surface area contributed by atoms with Crippen LogP contribution < -0.4 is 5.43 Å². The van der Waals surface area contributed by atoms with E-state index in [1.54, 1.807) is 24.3 Å². The fraction of sp³-hybridized carbons (Fsp3) is 0.500. The first-order valence-electron chi connectivity index (χ1n) is 11.1. The Bertz CT molecular complexity index is 991. The second kappa shape index (κ2) is 10.1. The van der Waals surface area contributed by atoms with Gasteiger partial charge in [-0.3, -0.25) is 9.59 Å². The number of para-hydroxylation sites is 1. The Labute approximate surface area is 181 Å². The van der Waals surface area contributed by atoms with Crippen LogP contribution in [-0.2, 0) is 14.3 Å². The number of hydrogen-bond acceptors (Lipinski definition) is 6. The van der Waals surface area contributed by atoms with E-state index < -0.39 is 6.29 Å². The lowest BCUT2D eigenvalue weighted by Gasteiger charge is -2.32. The summed E-state index contributed by atoms with van der Waals surface area (Å²) in [4.78, 5) is 28.0. The van der Waals surface area contributed by atoms with E-state index in [1.165, 1.54) is 6.26 Å². The molecule has 2 aliphatic rings. The summed E-state index contributed by atoms with van der Waals surface area (Å²) in [6.07, 6.45) is 7.44. The number of unbranched alkanes of at least 4 members (excludes halogenated alkanes) is 1. The second-order valence-corrected chi connectivity index (χ2v) is 8.09. The van der Waals surface area contributed by atoms with Crippen molar-refractivity contribution in [2.45, 2.75) is 50.7 Å². The van der Waals surface area contributed by atoms with Crippen LogP contribution in [0, 0.1) is 0 Å². The quantitative estimate of drug-likeness (QED) is 0.682. The van der Waals surface area contributed by atoms with Gasteiger partial charge in [-0.2, -0.15) is 0 Å². The maximum atomic E-state index is 13.1. The molecule has 1 aromatic heterocycles. The number of piperidine rings is 1. The van der Waals surface area contributed by atoms with Crippen molar-refractivity contribution >= 4 is 16.9 Å². The molecule has 7 nitrogen and oxygen atoms in total.